The standard InChI is InChI=1S/C6H7NO.C2H6O/c7-5-1-3-6(8)4-2-5;1-2-3/h1-4,8H,7H2;3H,2H2,1H3. The third-order valence-electron chi connectivity index (χ3n) is 0.893. The first-order chi connectivity index (χ1) is 5.20. The van der Waals surface area contributed by atoms with Gasteiger partial charge in [-0.2, -0.15) is 0 Å². The van der Waals surface area contributed by atoms with Gasteiger partial charge in [-0.1, -0.05) is 0 Å². The van der Waals surface area contributed by atoms with Crippen LogP contribution in [0.3, 0.4) is 0 Å². The molecule has 0 bridgehead atoms. The Kier molecular flexibility index (Phi) is 4.94. The second-order valence-corrected chi connectivity index (χ2v) is 1.91. The van der Waals surface area contributed by atoms with E-state index in [0.29, 0.717) is 5.69 Å². The molecular weight excluding hydrogens is 142 g/mol. The molecule has 0 spiro atoms. The molecule has 1 aromatic carbocycles. The summed E-state index contributed by atoms with van der Waals surface area (Å²) >= 11 is 0. The Morgan fingerprint density at radius 1 is 1.27 bits per heavy atom. The Bertz CT molecular complexity index is 163. The van der Waals surface area contributed by atoms with Crippen LogP contribution in [0.5, 0.6) is 5.75 Å². The van der Waals surface area contributed by atoms with Crippen molar-refractivity contribution in [2.45, 2.75) is 6.92 Å². The Hall–Kier alpha value is -1.22. The molecule has 0 radical (unpaired) electrons. The first kappa shape index (κ1) is 9.78. The van der Waals surface area contributed by atoms with Crippen LogP contribution in [0.2, 0.25) is 0 Å². The number of aliphatic hydroxyl groups is 1. The SMILES string of the molecule is CCO.Nc1ccc(O)cc1. The van der Waals surface area contributed by atoms with Crippen molar-refractivity contribution in [2.24, 2.45) is 0 Å². The minimum Gasteiger partial charge on any atom is -0.508 e. The van der Waals surface area contributed by atoms with E-state index in [1.54, 1.807) is 31.2 Å². The van der Waals surface area contributed by atoms with Gasteiger partial charge in [0.1, 0.15) is 5.75 Å². The molecule has 0 atom stereocenters. The summed E-state index contributed by atoms with van der Waals surface area (Å²) in [5.41, 5.74) is 5.98. The first-order valence-corrected chi connectivity index (χ1v) is 3.36. The zero-order valence-electron chi connectivity index (χ0n) is 6.49. The van der Waals surface area contributed by atoms with E-state index < -0.39 is 0 Å². The summed E-state index contributed by atoms with van der Waals surface area (Å²) in [4.78, 5) is 0. The van der Waals surface area contributed by atoms with Crippen LogP contribution >= 0.6 is 0 Å². The van der Waals surface area contributed by atoms with E-state index >= 15 is 0 Å². The average Bonchev–Trinajstić information content (AvgIpc) is 1.97. The first-order valence-electron chi connectivity index (χ1n) is 3.36. The molecule has 0 fully saturated rings. The van der Waals surface area contributed by atoms with E-state index in [0.717, 1.165) is 0 Å². The summed E-state index contributed by atoms with van der Waals surface area (Å²) in [7, 11) is 0. The molecule has 0 aliphatic rings. The molecule has 11 heavy (non-hydrogen) atoms. The van der Waals surface area contributed by atoms with Crippen molar-refractivity contribution < 1.29 is 10.2 Å². The van der Waals surface area contributed by atoms with E-state index in [1.807, 2.05) is 0 Å². The average molecular weight is 155 g/mol. The number of aromatic hydroxyl groups is 1. The highest BCUT2D eigenvalue weighted by Gasteiger charge is 1.82. The number of anilines is 1. The van der Waals surface area contributed by atoms with Crippen molar-refractivity contribution in [1.29, 1.82) is 0 Å². The predicted molar refractivity (Wildman–Crippen MR) is 45.3 cm³/mol. The van der Waals surface area contributed by atoms with Gasteiger partial charge in [0.2, 0.25) is 0 Å². The number of aliphatic hydroxyl groups excluding tert-OH is 1. The molecule has 0 amide bonds. The Labute approximate surface area is 66.1 Å². The van der Waals surface area contributed by atoms with Gasteiger partial charge in [0.15, 0.2) is 0 Å². The number of hydrogen-bond acceptors (Lipinski definition) is 3. The van der Waals surface area contributed by atoms with Crippen LogP contribution in [0.25, 0.3) is 0 Å². The summed E-state index contributed by atoms with van der Waals surface area (Å²) in [5.74, 6) is 0.249. The van der Waals surface area contributed by atoms with E-state index in [1.165, 1.54) is 0 Å². The fourth-order valence-electron chi connectivity index (χ4n) is 0.474. The van der Waals surface area contributed by atoms with Crippen molar-refractivity contribution in [3.8, 4) is 5.75 Å². The van der Waals surface area contributed by atoms with Gasteiger partial charge in [-0.15, -0.1) is 0 Å². The number of nitrogen functional groups attached to an aromatic ring is 1. The van der Waals surface area contributed by atoms with E-state index in [2.05, 4.69) is 0 Å². The van der Waals surface area contributed by atoms with Crippen molar-refractivity contribution in [1.82, 2.24) is 0 Å². The highest BCUT2D eigenvalue weighted by Crippen LogP contribution is 2.09. The maximum Gasteiger partial charge on any atom is 0.115 e. The number of rotatable bonds is 0. The largest absolute Gasteiger partial charge is 0.508 e. The van der Waals surface area contributed by atoms with Gasteiger partial charge >= 0.3 is 0 Å². The maximum absolute atomic E-state index is 8.70. The van der Waals surface area contributed by atoms with Crippen molar-refractivity contribution in [3.63, 3.8) is 0 Å². The lowest BCUT2D eigenvalue weighted by Gasteiger charge is -1.89. The second-order valence-electron chi connectivity index (χ2n) is 1.91. The number of hydrogen-bond donors (Lipinski definition) is 3. The van der Waals surface area contributed by atoms with Crippen LogP contribution in [-0.2, 0) is 0 Å². The summed E-state index contributed by atoms with van der Waals surface area (Å²) in [5, 5.41) is 16.3. The van der Waals surface area contributed by atoms with Crippen LogP contribution in [0.1, 0.15) is 6.92 Å². The van der Waals surface area contributed by atoms with Gasteiger partial charge in [0.25, 0.3) is 0 Å². The molecule has 3 nitrogen and oxygen atoms in total. The maximum atomic E-state index is 8.70. The van der Waals surface area contributed by atoms with Gasteiger partial charge in [0, 0.05) is 12.3 Å². The number of benzene rings is 1. The summed E-state index contributed by atoms with van der Waals surface area (Å²) in [6.45, 7) is 1.93. The molecule has 62 valence electrons. The third-order valence-corrected chi connectivity index (χ3v) is 0.893. The van der Waals surface area contributed by atoms with Crippen molar-refractivity contribution in [2.75, 3.05) is 12.3 Å². The van der Waals surface area contributed by atoms with Crippen molar-refractivity contribution in [3.05, 3.63) is 24.3 Å². The normalized spacial score (nSPS) is 8.18. The molecule has 0 heterocycles. The quantitative estimate of drug-likeness (QED) is 0.386. The molecule has 3 heteroatoms. The van der Waals surface area contributed by atoms with Crippen LogP contribution in [0.4, 0.5) is 5.69 Å². The molecule has 0 unspecified atom stereocenters. The summed E-state index contributed by atoms with van der Waals surface area (Å²) in [6.07, 6.45) is 0. The number of phenols is 1. The third kappa shape index (κ3) is 5.24. The predicted octanol–water partition coefficient (Wildman–Crippen LogP) is 0.973. The van der Waals surface area contributed by atoms with E-state index in [4.69, 9.17) is 15.9 Å². The zero-order chi connectivity index (χ0) is 8.69. The highest BCUT2D eigenvalue weighted by molar-refractivity contribution is 5.40. The van der Waals surface area contributed by atoms with Gasteiger partial charge in [-0.3, -0.25) is 0 Å². The lowest BCUT2D eigenvalue weighted by atomic mass is 10.3. The lowest BCUT2D eigenvalue weighted by molar-refractivity contribution is 0.318. The monoisotopic (exact) mass is 155 g/mol. The van der Waals surface area contributed by atoms with Crippen LogP contribution in [-0.4, -0.2) is 16.8 Å². The summed E-state index contributed by atoms with van der Waals surface area (Å²) < 4.78 is 0. The fraction of sp³-hybridized carbons (Fsp3) is 0.250. The number of phenolic OH excluding ortho intramolecular Hbond substituents is 1. The lowest BCUT2D eigenvalue weighted by Crippen LogP contribution is -1.80. The smallest absolute Gasteiger partial charge is 0.115 e. The topological polar surface area (TPSA) is 66.5 Å². The minimum absolute atomic E-state index is 0.249. The summed E-state index contributed by atoms with van der Waals surface area (Å²) in [6, 6.07) is 6.40. The minimum atomic E-state index is 0.249. The van der Waals surface area contributed by atoms with E-state index in [9.17, 15) is 0 Å². The zero-order valence-corrected chi connectivity index (χ0v) is 6.49. The van der Waals surface area contributed by atoms with Crippen molar-refractivity contribution >= 4 is 5.69 Å². The molecule has 0 aliphatic carbocycles. The van der Waals surface area contributed by atoms with Gasteiger partial charge in [-0.05, 0) is 31.2 Å². The molecule has 0 saturated heterocycles. The molecular formula is C8H13NO2. The second kappa shape index (κ2) is 5.56. The molecule has 4 N–H and O–H groups in total. The van der Waals surface area contributed by atoms with Crippen LogP contribution in [0.15, 0.2) is 24.3 Å². The highest BCUT2D eigenvalue weighted by atomic mass is 16.3. The molecule has 1 aromatic rings. The van der Waals surface area contributed by atoms with Gasteiger partial charge in [-0.25, -0.2) is 0 Å². The Morgan fingerprint density at radius 3 is 1.91 bits per heavy atom. The molecule has 0 aliphatic heterocycles. The number of nitrogens with two attached hydrogens (primary N) is 1. The van der Waals surface area contributed by atoms with Crippen LogP contribution in [0, 0.1) is 0 Å². The van der Waals surface area contributed by atoms with E-state index in [-0.39, 0.29) is 12.4 Å². The van der Waals surface area contributed by atoms with Gasteiger partial charge < -0.3 is 15.9 Å². The molecule has 0 aromatic heterocycles. The molecule has 1 rings (SSSR count). The van der Waals surface area contributed by atoms with Crippen LogP contribution < -0.4 is 5.73 Å². The Balaban J connectivity index is 0.000000292. The Morgan fingerprint density at radius 2 is 1.64 bits per heavy atom. The molecule has 0 saturated carbocycles. The van der Waals surface area contributed by atoms with Gasteiger partial charge in [0.05, 0.1) is 0 Å². The fourth-order valence-corrected chi connectivity index (χ4v) is 0.474.